The lowest BCUT2D eigenvalue weighted by Crippen LogP contribution is -2.38. The van der Waals surface area contributed by atoms with Crippen LogP contribution in [0.25, 0.3) is 0 Å². The molecule has 0 bridgehead atoms. The van der Waals surface area contributed by atoms with Crippen molar-refractivity contribution in [2.75, 3.05) is 13.1 Å². The molecule has 0 spiro atoms. The monoisotopic (exact) mass is 452 g/mol. The Morgan fingerprint density at radius 1 is 1.03 bits per heavy atom. The number of nitrogens with zero attached hydrogens (tertiary/aromatic N) is 2. The van der Waals surface area contributed by atoms with Crippen molar-refractivity contribution < 1.29 is 13.6 Å². The van der Waals surface area contributed by atoms with Gasteiger partial charge in [0, 0.05) is 36.2 Å². The van der Waals surface area contributed by atoms with Crippen LogP contribution in [0.5, 0.6) is 0 Å². The van der Waals surface area contributed by atoms with Crippen LogP contribution in [0, 0.1) is 0 Å². The number of alkyl halides is 2. The number of thioether (sulfide) groups is 1. The van der Waals surface area contributed by atoms with Gasteiger partial charge in [-0.05, 0) is 48.6 Å². The standard InChI is InChI=1S/C26H26F2N2OS/c1-26(27,28)21-9-5-11-23(17-21)32-18-22-10-6-12-24(29-22)25(31)30-15-13-20(14-16-30)19-7-3-2-4-8-19/h2-12,17,20H,13-16,18H2,1H3. The van der Waals surface area contributed by atoms with Crippen molar-refractivity contribution in [3.8, 4) is 0 Å². The summed E-state index contributed by atoms with van der Waals surface area (Å²) >= 11 is 1.44. The van der Waals surface area contributed by atoms with E-state index >= 15 is 0 Å². The molecule has 0 saturated carbocycles. The molecule has 1 amide bonds. The van der Waals surface area contributed by atoms with Gasteiger partial charge in [0.15, 0.2) is 0 Å². The van der Waals surface area contributed by atoms with E-state index in [0.29, 0.717) is 17.4 Å². The highest BCUT2D eigenvalue weighted by molar-refractivity contribution is 7.98. The van der Waals surface area contributed by atoms with E-state index in [1.807, 2.05) is 29.2 Å². The van der Waals surface area contributed by atoms with Gasteiger partial charge in [-0.3, -0.25) is 4.79 Å². The molecule has 1 aliphatic heterocycles. The summed E-state index contributed by atoms with van der Waals surface area (Å²) in [6.45, 7) is 2.34. The van der Waals surface area contributed by atoms with Crippen molar-refractivity contribution >= 4 is 17.7 Å². The van der Waals surface area contributed by atoms with Crippen LogP contribution in [0.1, 0.15) is 53.0 Å². The van der Waals surface area contributed by atoms with Crippen molar-refractivity contribution in [3.63, 3.8) is 0 Å². The topological polar surface area (TPSA) is 33.2 Å². The van der Waals surface area contributed by atoms with Crippen LogP contribution in [0.3, 0.4) is 0 Å². The summed E-state index contributed by atoms with van der Waals surface area (Å²) in [6, 6.07) is 22.3. The lowest BCUT2D eigenvalue weighted by atomic mass is 9.89. The summed E-state index contributed by atoms with van der Waals surface area (Å²) < 4.78 is 27.1. The summed E-state index contributed by atoms with van der Waals surface area (Å²) in [5.41, 5.74) is 2.53. The van der Waals surface area contributed by atoms with Crippen LogP contribution in [0.4, 0.5) is 8.78 Å². The molecule has 166 valence electrons. The average Bonchev–Trinajstić information content (AvgIpc) is 2.83. The van der Waals surface area contributed by atoms with Crippen LogP contribution < -0.4 is 0 Å². The maximum Gasteiger partial charge on any atom is 0.272 e. The zero-order chi connectivity index (χ0) is 22.6. The van der Waals surface area contributed by atoms with Gasteiger partial charge in [0.25, 0.3) is 11.8 Å². The second-order valence-corrected chi connectivity index (χ2v) is 9.24. The molecule has 0 radical (unpaired) electrons. The van der Waals surface area contributed by atoms with E-state index in [2.05, 4.69) is 29.2 Å². The van der Waals surface area contributed by atoms with Gasteiger partial charge >= 0.3 is 0 Å². The van der Waals surface area contributed by atoms with Gasteiger partial charge in [0.05, 0.1) is 5.69 Å². The highest BCUT2D eigenvalue weighted by Crippen LogP contribution is 2.31. The molecular formula is C26H26F2N2OS. The molecule has 1 aromatic heterocycles. The molecule has 0 aliphatic carbocycles. The molecule has 0 atom stereocenters. The van der Waals surface area contributed by atoms with E-state index < -0.39 is 5.92 Å². The van der Waals surface area contributed by atoms with Crippen LogP contribution >= 0.6 is 11.8 Å². The molecule has 1 fully saturated rings. The second-order valence-electron chi connectivity index (χ2n) is 8.20. The largest absolute Gasteiger partial charge is 0.337 e. The third-order valence-corrected chi connectivity index (χ3v) is 6.83. The number of piperidine rings is 1. The molecular weight excluding hydrogens is 426 g/mol. The second kappa shape index (κ2) is 9.82. The Labute approximate surface area is 191 Å². The number of carbonyl (C=O) groups is 1. The third kappa shape index (κ3) is 5.54. The number of benzene rings is 2. The first-order valence-electron chi connectivity index (χ1n) is 10.8. The van der Waals surface area contributed by atoms with Gasteiger partial charge in [0.2, 0.25) is 0 Å². The fourth-order valence-corrected chi connectivity index (χ4v) is 4.86. The normalized spacial score (nSPS) is 15.0. The van der Waals surface area contributed by atoms with Gasteiger partial charge in [-0.15, -0.1) is 11.8 Å². The molecule has 0 unspecified atom stereocenters. The van der Waals surface area contributed by atoms with E-state index in [0.717, 1.165) is 43.4 Å². The Hall–Kier alpha value is -2.73. The van der Waals surface area contributed by atoms with E-state index in [4.69, 9.17) is 0 Å². The minimum Gasteiger partial charge on any atom is -0.337 e. The van der Waals surface area contributed by atoms with Gasteiger partial charge in [0.1, 0.15) is 5.69 Å². The van der Waals surface area contributed by atoms with Gasteiger partial charge in [-0.2, -0.15) is 0 Å². The summed E-state index contributed by atoms with van der Waals surface area (Å²) in [7, 11) is 0. The number of hydrogen-bond donors (Lipinski definition) is 0. The highest BCUT2D eigenvalue weighted by atomic mass is 32.2. The molecule has 4 rings (SSSR count). The van der Waals surface area contributed by atoms with Crippen molar-refractivity contribution in [2.24, 2.45) is 0 Å². The molecule has 2 aromatic carbocycles. The first-order valence-corrected chi connectivity index (χ1v) is 11.8. The first-order chi connectivity index (χ1) is 15.4. The zero-order valence-corrected chi connectivity index (χ0v) is 18.8. The Morgan fingerprint density at radius 2 is 1.75 bits per heavy atom. The number of likely N-dealkylation sites (tertiary alicyclic amines) is 1. The Morgan fingerprint density at radius 3 is 2.47 bits per heavy atom. The molecule has 32 heavy (non-hydrogen) atoms. The van der Waals surface area contributed by atoms with E-state index in [1.54, 1.807) is 12.1 Å². The van der Waals surface area contributed by atoms with Gasteiger partial charge < -0.3 is 4.90 Å². The molecule has 1 saturated heterocycles. The molecule has 3 aromatic rings. The summed E-state index contributed by atoms with van der Waals surface area (Å²) in [5.74, 6) is -1.91. The lowest BCUT2D eigenvalue weighted by molar-refractivity contribution is 0.0172. The van der Waals surface area contributed by atoms with Gasteiger partial charge in [-0.1, -0.05) is 48.5 Å². The van der Waals surface area contributed by atoms with Crippen molar-refractivity contribution in [3.05, 3.63) is 95.3 Å². The molecule has 6 heteroatoms. The smallest absolute Gasteiger partial charge is 0.272 e. The Bertz CT molecular complexity index is 1060. The molecule has 0 N–H and O–H groups in total. The predicted molar refractivity (Wildman–Crippen MR) is 124 cm³/mol. The minimum atomic E-state index is -2.87. The number of pyridine rings is 1. The van der Waals surface area contributed by atoms with Crippen molar-refractivity contribution in [2.45, 2.75) is 42.3 Å². The maximum absolute atomic E-state index is 13.6. The third-order valence-electron chi connectivity index (χ3n) is 5.81. The fraction of sp³-hybridized carbons (Fsp3) is 0.308. The maximum atomic E-state index is 13.6. The van der Waals surface area contributed by atoms with Crippen LogP contribution in [0.2, 0.25) is 0 Å². The quantitative estimate of drug-likeness (QED) is 0.400. The van der Waals surface area contributed by atoms with E-state index in [1.165, 1.54) is 29.5 Å². The lowest BCUT2D eigenvalue weighted by Gasteiger charge is -2.32. The van der Waals surface area contributed by atoms with Crippen molar-refractivity contribution in [1.29, 1.82) is 0 Å². The van der Waals surface area contributed by atoms with E-state index in [9.17, 15) is 13.6 Å². The number of amides is 1. The SMILES string of the molecule is CC(F)(F)c1cccc(SCc2cccc(C(=O)N3CCC(c4ccccc4)CC3)n2)c1. The van der Waals surface area contributed by atoms with E-state index in [-0.39, 0.29) is 11.5 Å². The minimum absolute atomic E-state index is 0.00158. The molecule has 2 heterocycles. The van der Waals surface area contributed by atoms with Crippen LogP contribution in [-0.2, 0) is 11.7 Å². The van der Waals surface area contributed by atoms with Crippen LogP contribution in [0.15, 0.2) is 77.7 Å². The van der Waals surface area contributed by atoms with Gasteiger partial charge in [-0.25, -0.2) is 13.8 Å². The number of aromatic nitrogens is 1. The molecule has 3 nitrogen and oxygen atoms in total. The number of carbonyl (C=O) groups excluding carboxylic acids is 1. The number of rotatable bonds is 6. The Balaban J connectivity index is 1.36. The number of halogens is 2. The highest BCUT2D eigenvalue weighted by Gasteiger charge is 2.26. The molecule has 1 aliphatic rings. The average molecular weight is 453 g/mol. The number of hydrogen-bond acceptors (Lipinski definition) is 3. The summed E-state index contributed by atoms with van der Waals surface area (Å²) in [5, 5.41) is 0. The first kappa shape index (κ1) is 22.5. The van der Waals surface area contributed by atoms with Crippen molar-refractivity contribution in [1.82, 2.24) is 9.88 Å². The van der Waals surface area contributed by atoms with Crippen LogP contribution in [-0.4, -0.2) is 28.9 Å². The Kier molecular flexibility index (Phi) is 6.89. The predicted octanol–water partition coefficient (Wildman–Crippen LogP) is 6.51. The summed E-state index contributed by atoms with van der Waals surface area (Å²) in [6.07, 6.45) is 1.90. The zero-order valence-electron chi connectivity index (χ0n) is 18.0. The summed E-state index contributed by atoms with van der Waals surface area (Å²) in [4.78, 5) is 20.2. The fourth-order valence-electron chi connectivity index (χ4n) is 4.00.